The lowest BCUT2D eigenvalue weighted by molar-refractivity contribution is -0.124. The Kier molecular flexibility index (Phi) is 2.42. The maximum Gasteiger partial charge on any atom is 0.138 e. The lowest BCUT2D eigenvalue weighted by Gasteiger charge is -2.27. The highest BCUT2D eigenvalue weighted by Gasteiger charge is 2.27. The van der Waals surface area contributed by atoms with Gasteiger partial charge >= 0.3 is 0 Å². The number of rotatable bonds is 3. The summed E-state index contributed by atoms with van der Waals surface area (Å²) in [5.74, 6) is 1.24. The van der Waals surface area contributed by atoms with Crippen LogP contribution in [0.2, 0.25) is 0 Å². The first-order valence-corrected chi connectivity index (χ1v) is 4.67. The molecule has 0 bridgehead atoms. The summed E-state index contributed by atoms with van der Waals surface area (Å²) < 4.78 is 5.17. The summed E-state index contributed by atoms with van der Waals surface area (Å²) in [5.41, 5.74) is 0. The Morgan fingerprint density at radius 1 is 1.50 bits per heavy atom. The minimum atomic E-state index is 0.214. The van der Waals surface area contributed by atoms with Crippen LogP contribution in [0.25, 0.3) is 0 Å². The van der Waals surface area contributed by atoms with Gasteiger partial charge in [-0.25, -0.2) is 0 Å². The molecule has 2 fully saturated rings. The van der Waals surface area contributed by atoms with Gasteiger partial charge in [0.2, 0.25) is 0 Å². The first-order chi connectivity index (χ1) is 5.86. The Morgan fingerprint density at radius 2 is 2.33 bits per heavy atom. The van der Waals surface area contributed by atoms with Crippen LogP contribution in [-0.2, 0) is 9.53 Å². The van der Waals surface area contributed by atoms with E-state index in [0.717, 1.165) is 32.5 Å². The molecule has 2 aliphatic rings. The van der Waals surface area contributed by atoms with Crippen molar-refractivity contribution in [2.24, 2.45) is 11.8 Å². The maximum atomic E-state index is 11.5. The van der Waals surface area contributed by atoms with Gasteiger partial charge in [-0.05, 0) is 25.4 Å². The third kappa shape index (κ3) is 1.67. The number of nitrogens with one attached hydrogen (secondary N) is 1. The Bertz CT molecular complexity index is 171. The van der Waals surface area contributed by atoms with E-state index in [0.29, 0.717) is 18.3 Å². The van der Waals surface area contributed by atoms with E-state index >= 15 is 0 Å². The Hall–Kier alpha value is -0.410. The van der Waals surface area contributed by atoms with Crippen LogP contribution in [0.4, 0.5) is 0 Å². The molecule has 3 heteroatoms. The number of ketones is 1. The smallest absolute Gasteiger partial charge is 0.138 e. The van der Waals surface area contributed by atoms with Crippen LogP contribution >= 0.6 is 0 Å². The van der Waals surface area contributed by atoms with Crippen molar-refractivity contribution < 1.29 is 9.53 Å². The van der Waals surface area contributed by atoms with Crippen molar-refractivity contribution in [3.63, 3.8) is 0 Å². The van der Waals surface area contributed by atoms with E-state index in [1.165, 1.54) is 0 Å². The molecule has 2 heterocycles. The molecule has 0 aliphatic carbocycles. The van der Waals surface area contributed by atoms with Gasteiger partial charge in [-0.15, -0.1) is 0 Å². The zero-order valence-electron chi connectivity index (χ0n) is 7.21. The van der Waals surface area contributed by atoms with Gasteiger partial charge in [-0.1, -0.05) is 0 Å². The van der Waals surface area contributed by atoms with E-state index < -0.39 is 0 Å². The van der Waals surface area contributed by atoms with Crippen molar-refractivity contribution in [1.29, 1.82) is 0 Å². The maximum absolute atomic E-state index is 11.5. The predicted molar refractivity (Wildman–Crippen MR) is 44.9 cm³/mol. The van der Waals surface area contributed by atoms with E-state index in [1.807, 2.05) is 0 Å². The highest BCUT2D eigenvalue weighted by Crippen LogP contribution is 2.19. The predicted octanol–water partition coefficient (Wildman–Crippen LogP) is 0.201. The lowest BCUT2D eigenvalue weighted by Crippen LogP contribution is -2.43. The number of hydrogen-bond donors (Lipinski definition) is 1. The van der Waals surface area contributed by atoms with Crippen LogP contribution in [0.5, 0.6) is 0 Å². The lowest BCUT2D eigenvalue weighted by atomic mass is 9.90. The molecule has 2 saturated heterocycles. The molecule has 1 unspecified atom stereocenters. The first kappa shape index (κ1) is 8.20. The van der Waals surface area contributed by atoms with Gasteiger partial charge in [0.25, 0.3) is 0 Å². The Morgan fingerprint density at radius 3 is 2.83 bits per heavy atom. The first-order valence-electron chi connectivity index (χ1n) is 4.67. The monoisotopic (exact) mass is 169 g/mol. The molecule has 68 valence electrons. The van der Waals surface area contributed by atoms with Crippen LogP contribution in [0.15, 0.2) is 0 Å². The van der Waals surface area contributed by atoms with E-state index in [9.17, 15) is 4.79 Å². The quantitative estimate of drug-likeness (QED) is 0.656. The van der Waals surface area contributed by atoms with E-state index in [4.69, 9.17) is 4.74 Å². The molecule has 0 aromatic rings. The number of carbonyl (C=O) groups is 1. The third-order valence-electron chi connectivity index (χ3n) is 2.74. The van der Waals surface area contributed by atoms with Crippen LogP contribution in [0.1, 0.15) is 12.8 Å². The number of carbonyl (C=O) groups excluding carboxylic acids is 1. The van der Waals surface area contributed by atoms with Crippen molar-refractivity contribution in [3.05, 3.63) is 0 Å². The van der Waals surface area contributed by atoms with Crippen LogP contribution in [0, 0.1) is 11.8 Å². The van der Waals surface area contributed by atoms with Crippen LogP contribution in [0.3, 0.4) is 0 Å². The van der Waals surface area contributed by atoms with Gasteiger partial charge < -0.3 is 10.1 Å². The Balaban J connectivity index is 1.74. The fourth-order valence-corrected chi connectivity index (χ4v) is 1.73. The van der Waals surface area contributed by atoms with Crippen molar-refractivity contribution in [2.75, 3.05) is 26.3 Å². The highest BCUT2D eigenvalue weighted by molar-refractivity contribution is 5.81. The summed E-state index contributed by atoms with van der Waals surface area (Å²) in [4.78, 5) is 11.5. The highest BCUT2D eigenvalue weighted by atomic mass is 16.5. The molecule has 2 rings (SSSR count). The largest absolute Gasteiger partial charge is 0.381 e. The molecule has 0 spiro atoms. The molecule has 0 aromatic carbocycles. The van der Waals surface area contributed by atoms with Gasteiger partial charge in [0.1, 0.15) is 5.78 Å². The molecule has 0 radical (unpaired) electrons. The zero-order chi connectivity index (χ0) is 8.39. The second kappa shape index (κ2) is 3.54. The zero-order valence-corrected chi connectivity index (χ0v) is 7.21. The molecule has 0 aromatic heterocycles. The van der Waals surface area contributed by atoms with Gasteiger partial charge in [0, 0.05) is 18.9 Å². The fourth-order valence-electron chi connectivity index (χ4n) is 1.73. The van der Waals surface area contributed by atoms with Crippen LogP contribution in [-0.4, -0.2) is 32.1 Å². The fraction of sp³-hybridized carbons (Fsp3) is 0.889. The van der Waals surface area contributed by atoms with Gasteiger partial charge in [-0.2, -0.15) is 0 Å². The number of hydrogen-bond acceptors (Lipinski definition) is 3. The molecule has 3 nitrogen and oxygen atoms in total. The molecule has 1 N–H and O–H groups in total. The molecule has 2 aliphatic heterocycles. The van der Waals surface area contributed by atoms with Gasteiger partial charge in [0.05, 0.1) is 6.61 Å². The van der Waals surface area contributed by atoms with Crippen LogP contribution < -0.4 is 5.32 Å². The molecule has 0 saturated carbocycles. The third-order valence-corrected chi connectivity index (χ3v) is 2.74. The summed E-state index contributed by atoms with van der Waals surface area (Å²) in [6.45, 7) is 3.50. The summed E-state index contributed by atoms with van der Waals surface area (Å²) in [6, 6.07) is 0. The average molecular weight is 169 g/mol. The van der Waals surface area contributed by atoms with Crippen molar-refractivity contribution >= 4 is 5.78 Å². The van der Waals surface area contributed by atoms with Gasteiger partial charge in [-0.3, -0.25) is 4.79 Å². The SMILES string of the molecule is O=C(CC1CNC1)C1CCOC1. The second-order valence-electron chi connectivity index (χ2n) is 3.76. The van der Waals surface area contributed by atoms with E-state index in [2.05, 4.69) is 5.32 Å². The second-order valence-corrected chi connectivity index (χ2v) is 3.76. The minimum Gasteiger partial charge on any atom is -0.381 e. The van der Waals surface area contributed by atoms with Crippen molar-refractivity contribution in [1.82, 2.24) is 5.32 Å². The summed E-state index contributed by atoms with van der Waals surface area (Å²) in [6.07, 6.45) is 1.71. The molecular weight excluding hydrogens is 154 g/mol. The van der Waals surface area contributed by atoms with E-state index in [-0.39, 0.29) is 5.92 Å². The Labute approximate surface area is 72.5 Å². The van der Waals surface area contributed by atoms with Gasteiger partial charge in [0.15, 0.2) is 0 Å². The molecule has 0 amide bonds. The molecule has 1 atom stereocenters. The van der Waals surface area contributed by atoms with Crippen molar-refractivity contribution in [3.8, 4) is 0 Å². The number of Topliss-reactive ketones (excluding diaryl/α,β-unsaturated/α-hetero) is 1. The average Bonchev–Trinajstić information content (AvgIpc) is 2.47. The minimum absolute atomic E-state index is 0.214. The number of ether oxygens (including phenoxy) is 1. The standard InChI is InChI=1S/C9H15NO2/c11-9(3-7-4-10-5-7)8-1-2-12-6-8/h7-8,10H,1-6H2. The molecule has 12 heavy (non-hydrogen) atoms. The summed E-state index contributed by atoms with van der Waals surface area (Å²) >= 11 is 0. The van der Waals surface area contributed by atoms with Crippen molar-refractivity contribution in [2.45, 2.75) is 12.8 Å². The molecular formula is C9H15NO2. The topological polar surface area (TPSA) is 38.3 Å². The van der Waals surface area contributed by atoms with E-state index in [1.54, 1.807) is 0 Å². The summed E-state index contributed by atoms with van der Waals surface area (Å²) in [7, 11) is 0. The summed E-state index contributed by atoms with van der Waals surface area (Å²) in [5, 5.41) is 3.17. The normalized spacial score (nSPS) is 30.2.